The second-order valence-corrected chi connectivity index (χ2v) is 7.92. The van der Waals surface area contributed by atoms with Crippen molar-refractivity contribution in [1.82, 2.24) is 9.80 Å². The van der Waals surface area contributed by atoms with Gasteiger partial charge in [-0.25, -0.2) is 0 Å². The van der Waals surface area contributed by atoms with Crippen LogP contribution in [0, 0.1) is 17.8 Å². The Balaban J connectivity index is 1.40. The zero-order chi connectivity index (χ0) is 15.9. The van der Waals surface area contributed by atoms with Crippen molar-refractivity contribution in [2.75, 3.05) is 26.7 Å². The molecule has 1 aromatic carbocycles. The lowest BCUT2D eigenvalue weighted by atomic mass is 9.62. The third-order valence-electron chi connectivity index (χ3n) is 6.65. The van der Waals surface area contributed by atoms with Crippen LogP contribution in [-0.2, 0) is 4.84 Å². The smallest absolute Gasteiger partial charge is 0.219 e. The molecule has 4 aliphatic heterocycles. The molecule has 0 N–H and O–H groups in total. The number of furan rings is 1. The number of fused-ring (bicyclic) bond motifs is 1. The Morgan fingerprint density at radius 3 is 2.67 bits per heavy atom. The first-order chi connectivity index (χ1) is 11.7. The lowest BCUT2D eigenvalue weighted by Crippen LogP contribution is -2.71. The summed E-state index contributed by atoms with van der Waals surface area (Å²) in [5, 5.41) is 5.62. The second-order valence-electron chi connectivity index (χ2n) is 7.92. The lowest BCUT2D eigenvalue weighted by molar-refractivity contribution is -0.245. The van der Waals surface area contributed by atoms with Crippen LogP contribution in [0.1, 0.15) is 18.6 Å². The highest BCUT2D eigenvalue weighted by Gasteiger charge is 2.64. The number of hydrogen-bond donors (Lipinski definition) is 0. The maximum absolute atomic E-state index is 6.22. The molecule has 5 nitrogen and oxygen atoms in total. The van der Waals surface area contributed by atoms with E-state index in [1.165, 1.54) is 19.4 Å². The van der Waals surface area contributed by atoms with Gasteiger partial charge in [-0.1, -0.05) is 23.4 Å². The third kappa shape index (κ3) is 1.51. The lowest BCUT2D eigenvalue weighted by Gasteiger charge is -2.60. The third-order valence-corrected chi connectivity index (χ3v) is 6.65. The minimum atomic E-state index is -0.262. The molecule has 4 bridgehead atoms. The van der Waals surface area contributed by atoms with Crippen molar-refractivity contribution in [3.05, 3.63) is 36.1 Å². The van der Waals surface area contributed by atoms with E-state index < -0.39 is 0 Å². The Labute approximate surface area is 140 Å². The predicted molar refractivity (Wildman–Crippen MR) is 90.5 cm³/mol. The maximum atomic E-state index is 6.22. The highest BCUT2D eigenvalue weighted by atomic mass is 16.7. The molecule has 124 valence electrons. The van der Waals surface area contributed by atoms with Gasteiger partial charge in [-0.3, -0.25) is 0 Å². The molecule has 1 aliphatic carbocycles. The number of nitrogens with zero attached hydrogens (tertiary/aromatic N) is 3. The van der Waals surface area contributed by atoms with Crippen LogP contribution in [0.2, 0.25) is 0 Å². The summed E-state index contributed by atoms with van der Waals surface area (Å²) in [6.45, 7) is 3.56. The van der Waals surface area contributed by atoms with Gasteiger partial charge in [-0.15, -0.1) is 0 Å². The normalized spacial score (nSPS) is 39.7. The number of hydrogen-bond acceptors (Lipinski definition) is 5. The first-order valence-corrected chi connectivity index (χ1v) is 8.95. The van der Waals surface area contributed by atoms with E-state index in [0.717, 1.165) is 41.6 Å². The monoisotopic (exact) mass is 323 g/mol. The van der Waals surface area contributed by atoms with Crippen molar-refractivity contribution in [1.29, 1.82) is 0 Å². The van der Waals surface area contributed by atoms with Gasteiger partial charge < -0.3 is 19.1 Å². The Morgan fingerprint density at radius 2 is 1.92 bits per heavy atom. The average molecular weight is 323 g/mol. The van der Waals surface area contributed by atoms with E-state index >= 15 is 0 Å². The fraction of sp³-hybridized carbons (Fsp3) is 0.526. The largest absolute Gasteiger partial charge is 0.453 e. The van der Waals surface area contributed by atoms with E-state index in [4.69, 9.17) is 9.25 Å². The SMILES string of the molecule is CN1C(c2cc3ccccc3o2)=NOC12C1CC3CC2CN(C3)C1. The van der Waals surface area contributed by atoms with Crippen LogP contribution in [0.5, 0.6) is 0 Å². The summed E-state index contributed by atoms with van der Waals surface area (Å²) in [4.78, 5) is 11.1. The molecule has 4 fully saturated rings. The average Bonchev–Trinajstić information content (AvgIpc) is 3.14. The van der Waals surface area contributed by atoms with Crippen molar-refractivity contribution < 1.29 is 9.25 Å². The molecule has 0 amide bonds. The fourth-order valence-corrected chi connectivity index (χ4v) is 5.75. The molecule has 5 heteroatoms. The van der Waals surface area contributed by atoms with Gasteiger partial charge in [0.15, 0.2) is 5.76 Å². The molecule has 7 rings (SSSR count). The minimum absolute atomic E-state index is 0.262. The van der Waals surface area contributed by atoms with E-state index in [2.05, 4.69) is 34.1 Å². The van der Waals surface area contributed by atoms with Crippen molar-refractivity contribution in [3.8, 4) is 0 Å². The summed E-state index contributed by atoms with van der Waals surface area (Å²) in [6, 6.07) is 10.2. The number of benzene rings is 1. The molecule has 1 spiro atoms. The van der Waals surface area contributed by atoms with Crippen LogP contribution in [-0.4, -0.2) is 48.0 Å². The Morgan fingerprint density at radius 1 is 1.12 bits per heavy atom. The molecule has 1 aromatic heterocycles. The van der Waals surface area contributed by atoms with E-state index in [0.29, 0.717) is 11.8 Å². The molecule has 2 aromatic rings. The molecule has 24 heavy (non-hydrogen) atoms. The van der Waals surface area contributed by atoms with Gasteiger partial charge >= 0.3 is 0 Å². The first kappa shape index (κ1) is 13.3. The van der Waals surface area contributed by atoms with Gasteiger partial charge in [-0.05, 0) is 30.9 Å². The topological polar surface area (TPSA) is 41.2 Å². The van der Waals surface area contributed by atoms with Gasteiger partial charge in [0.05, 0.1) is 0 Å². The second kappa shape index (κ2) is 4.33. The number of rotatable bonds is 1. The van der Waals surface area contributed by atoms with Gasteiger partial charge in [0.1, 0.15) is 5.58 Å². The van der Waals surface area contributed by atoms with Crippen LogP contribution in [0.4, 0.5) is 0 Å². The summed E-state index contributed by atoms with van der Waals surface area (Å²) >= 11 is 0. The molecule has 3 saturated heterocycles. The molecule has 0 radical (unpaired) electrons. The number of oxime groups is 1. The quantitative estimate of drug-likeness (QED) is 0.809. The summed E-state index contributed by atoms with van der Waals surface area (Å²) < 4.78 is 6.05. The Bertz CT molecular complexity index is 794. The predicted octanol–water partition coefficient (Wildman–Crippen LogP) is 2.72. The van der Waals surface area contributed by atoms with Crippen molar-refractivity contribution in [2.24, 2.45) is 22.9 Å². The molecular formula is C19H21N3O2. The molecule has 1 saturated carbocycles. The molecular weight excluding hydrogens is 302 g/mol. The standard InChI is InChI=1S/C19H21N3O2/c1-21-18(17-8-13-4-2-3-5-16(13)23-17)20-24-19(21)14-6-12-7-15(19)11-22(9-12)10-14/h2-5,8,12,14-15H,6-7,9-11H2,1H3. The van der Waals surface area contributed by atoms with E-state index in [1.807, 2.05) is 18.2 Å². The highest BCUT2D eigenvalue weighted by Crippen LogP contribution is 2.54. The molecule has 5 heterocycles. The van der Waals surface area contributed by atoms with Crippen molar-refractivity contribution in [2.45, 2.75) is 18.6 Å². The van der Waals surface area contributed by atoms with Crippen LogP contribution in [0.3, 0.4) is 0 Å². The Hall–Kier alpha value is -2.01. The summed E-state index contributed by atoms with van der Waals surface area (Å²) in [7, 11) is 2.14. The van der Waals surface area contributed by atoms with Gasteiger partial charge in [-0.2, -0.15) is 0 Å². The zero-order valence-electron chi connectivity index (χ0n) is 13.8. The molecule has 2 unspecified atom stereocenters. The zero-order valence-corrected chi connectivity index (χ0v) is 13.8. The van der Waals surface area contributed by atoms with Crippen LogP contribution < -0.4 is 0 Å². The number of piperidine rings is 3. The molecule has 2 atom stereocenters. The van der Waals surface area contributed by atoms with E-state index in [9.17, 15) is 0 Å². The van der Waals surface area contributed by atoms with Crippen LogP contribution >= 0.6 is 0 Å². The summed E-state index contributed by atoms with van der Waals surface area (Å²) in [5.41, 5.74) is 0.641. The van der Waals surface area contributed by atoms with Crippen molar-refractivity contribution in [3.63, 3.8) is 0 Å². The fourth-order valence-electron chi connectivity index (χ4n) is 5.75. The number of para-hydroxylation sites is 1. The molecule has 5 aliphatic rings. The van der Waals surface area contributed by atoms with Crippen LogP contribution in [0.25, 0.3) is 11.0 Å². The van der Waals surface area contributed by atoms with Crippen molar-refractivity contribution >= 4 is 16.8 Å². The summed E-state index contributed by atoms with van der Waals surface area (Å²) in [5.74, 6) is 3.58. The summed E-state index contributed by atoms with van der Waals surface area (Å²) in [6.07, 6.45) is 2.53. The highest BCUT2D eigenvalue weighted by molar-refractivity contribution is 6.00. The maximum Gasteiger partial charge on any atom is 0.219 e. The first-order valence-electron chi connectivity index (χ1n) is 8.95. The number of amidine groups is 1. The van der Waals surface area contributed by atoms with Gasteiger partial charge in [0.2, 0.25) is 11.6 Å². The van der Waals surface area contributed by atoms with E-state index in [1.54, 1.807) is 0 Å². The Kier molecular flexibility index (Phi) is 2.40. The van der Waals surface area contributed by atoms with Crippen LogP contribution in [0.15, 0.2) is 39.9 Å². The van der Waals surface area contributed by atoms with Gasteiger partial charge in [0, 0.05) is 43.9 Å². The van der Waals surface area contributed by atoms with Gasteiger partial charge in [0.25, 0.3) is 0 Å². The minimum Gasteiger partial charge on any atom is -0.453 e. The van der Waals surface area contributed by atoms with E-state index in [-0.39, 0.29) is 5.72 Å².